The number of esters is 1. The number of aryl methyl sites for hydroxylation is 1. The third kappa shape index (κ3) is 4.39. The van der Waals surface area contributed by atoms with Crippen LogP contribution in [0.4, 0.5) is 18.0 Å². The van der Waals surface area contributed by atoms with Gasteiger partial charge >= 0.3 is 18.2 Å². The number of benzene rings is 1. The van der Waals surface area contributed by atoms with Crippen LogP contribution in [0.2, 0.25) is 0 Å². The van der Waals surface area contributed by atoms with Gasteiger partial charge in [0, 0.05) is 18.7 Å². The van der Waals surface area contributed by atoms with E-state index in [4.69, 9.17) is 4.74 Å². The molecule has 2 heterocycles. The molecule has 29 heavy (non-hydrogen) atoms. The van der Waals surface area contributed by atoms with Crippen molar-refractivity contribution in [3.8, 4) is 10.6 Å². The van der Waals surface area contributed by atoms with Crippen molar-refractivity contribution < 1.29 is 32.3 Å². The maximum Gasteiger partial charge on any atom is 0.416 e. The van der Waals surface area contributed by atoms with Crippen molar-refractivity contribution in [2.45, 2.75) is 26.1 Å². The van der Waals surface area contributed by atoms with E-state index in [0.717, 1.165) is 28.4 Å². The van der Waals surface area contributed by atoms with Crippen LogP contribution in [-0.4, -0.2) is 47.0 Å². The van der Waals surface area contributed by atoms with Crippen LogP contribution in [0.3, 0.4) is 0 Å². The molecular weight excluding hydrogens is 411 g/mol. The van der Waals surface area contributed by atoms with Gasteiger partial charge in [0.05, 0.1) is 11.3 Å². The lowest BCUT2D eigenvalue weighted by molar-refractivity contribution is -0.137. The van der Waals surface area contributed by atoms with Gasteiger partial charge in [-0.3, -0.25) is 9.69 Å². The van der Waals surface area contributed by atoms with E-state index in [2.05, 4.69) is 10.3 Å². The molecule has 1 aromatic heterocycles. The zero-order valence-corrected chi connectivity index (χ0v) is 16.2. The zero-order chi connectivity index (χ0) is 21.3. The van der Waals surface area contributed by atoms with Crippen LogP contribution in [0.1, 0.15) is 27.9 Å². The maximum absolute atomic E-state index is 12.7. The molecule has 0 bridgehead atoms. The lowest BCUT2D eigenvalue weighted by Crippen LogP contribution is -2.41. The van der Waals surface area contributed by atoms with E-state index in [1.54, 1.807) is 6.92 Å². The second kappa shape index (κ2) is 7.82. The second-order valence-corrected chi connectivity index (χ2v) is 7.28. The highest BCUT2D eigenvalue weighted by Gasteiger charge is 2.33. The first-order chi connectivity index (χ1) is 13.6. The number of carbonyl (C=O) groups excluding carboxylic acids is 3. The van der Waals surface area contributed by atoms with Gasteiger partial charge in [0.25, 0.3) is 5.91 Å². The molecule has 0 spiro atoms. The minimum absolute atomic E-state index is 0.130. The highest BCUT2D eigenvalue weighted by Crippen LogP contribution is 2.33. The Morgan fingerprint density at radius 1 is 1.28 bits per heavy atom. The number of thiazole rings is 1. The Bertz CT molecular complexity index is 956. The number of amides is 3. The first-order valence-electron chi connectivity index (χ1n) is 8.53. The number of carbonyl (C=O) groups is 3. The molecule has 2 aromatic rings. The maximum atomic E-state index is 12.7. The van der Waals surface area contributed by atoms with Gasteiger partial charge in [-0.15, -0.1) is 11.3 Å². The Kier molecular flexibility index (Phi) is 5.60. The van der Waals surface area contributed by atoms with Crippen molar-refractivity contribution in [2.24, 2.45) is 0 Å². The molecule has 1 N–H and O–H groups in total. The first-order valence-corrected chi connectivity index (χ1v) is 9.35. The summed E-state index contributed by atoms with van der Waals surface area (Å²) in [5, 5.41) is 2.83. The Labute approximate surface area is 167 Å². The Morgan fingerprint density at radius 2 is 1.93 bits per heavy atom. The highest BCUT2D eigenvalue weighted by atomic mass is 32.1. The van der Waals surface area contributed by atoms with E-state index in [9.17, 15) is 27.6 Å². The smallest absolute Gasteiger partial charge is 0.416 e. The molecule has 11 heteroatoms. The van der Waals surface area contributed by atoms with E-state index in [1.165, 1.54) is 19.1 Å². The van der Waals surface area contributed by atoms with Gasteiger partial charge in [0.1, 0.15) is 9.88 Å². The molecule has 3 amide bonds. The number of urea groups is 1. The SMILES string of the molecule is Cc1nc(-c2ccc(C(F)(F)F)cc2)sc1C(=O)O[C@@H](C)C(=O)N1CCNC1=O. The molecule has 1 aromatic carbocycles. The number of aromatic nitrogens is 1. The standard InChI is InChI=1S/C18H16F3N3O4S/c1-9-13(16(26)28-10(2)15(25)24-8-7-22-17(24)27)29-14(23-9)11-3-5-12(6-4-11)18(19,20)21/h3-6,10H,7-8H2,1-2H3,(H,22,27)/t10-/m0/s1. The Morgan fingerprint density at radius 3 is 2.48 bits per heavy atom. The molecule has 1 aliphatic rings. The summed E-state index contributed by atoms with van der Waals surface area (Å²) in [6, 6.07) is 3.87. The van der Waals surface area contributed by atoms with Crippen LogP contribution >= 0.6 is 11.3 Å². The van der Waals surface area contributed by atoms with Crippen molar-refractivity contribution in [3.63, 3.8) is 0 Å². The minimum Gasteiger partial charge on any atom is -0.448 e. The Hall–Kier alpha value is -2.95. The summed E-state index contributed by atoms with van der Waals surface area (Å²) in [5.74, 6) is -1.43. The molecule has 0 saturated carbocycles. The van der Waals surface area contributed by atoms with E-state index < -0.39 is 35.8 Å². The molecule has 1 fully saturated rings. The number of halogens is 3. The number of ether oxygens (including phenoxy) is 1. The van der Waals surface area contributed by atoms with Crippen LogP contribution in [0, 0.1) is 6.92 Å². The fraction of sp³-hybridized carbons (Fsp3) is 0.333. The quantitative estimate of drug-likeness (QED) is 0.757. The highest BCUT2D eigenvalue weighted by molar-refractivity contribution is 7.17. The van der Waals surface area contributed by atoms with Gasteiger partial charge < -0.3 is 10.1 Å². The molecule has 0 radical (unpaired) electrons. The lowest BCUT2D eigenvalue weighted by Gasteiger charge is -2.17. The van der Waals surface area contributed by atoms with Crippen LogP contribution in [0.25, 0.3) is 10.6 Å². The lowest BCUT2D eigenvalue weighted by atomic mass is 10.1. The van der Waals surface area contributed by atoms with Crippen LogP contribution in [-0.2, 0) is 15.7 Å². The van der Waals surface area contributed by atoms with Crippen LogP contribution < -0.4 is 5.32 Å². The van der Waals surface area contributed by atoms with E-state index in [-0.39, 0.29) is 11.4 Å². The largest absolute Gasteiger partial charge is 0.448 e. The summed E-state index contributed by atoms with van der Waals surface area (Å²) < 4.78 is 43.2. The first kappa shape index (κ1) is 20.8. The fourth-order valence-electron chi connectivity index (χ4n) is 2.68. The van der Waals surface area contributed by atoms with Crippen molar-refractivity contribution in [3.05, 3.63) is 40.4 Å². The summed E-state index contributed by atoms with van der Waals surface area (Å²) in [6.45, 7) is 3.44. The number of imide groups is 1. The molecule has 3 rings (SSSR count). The average Bonchev–Trinajstić information content (AvgIpc) is 3.26. The van der Waals surface area contributed by atoms with Gasteiger partial charge in [-0.2, -0.15) is 13.2 Å². The topological polar surface area (TPSA) is 88.6 Å². The minimum atomic E-state index is -4.44. The fourth-order valence-corrected chi connectivity index (χ4v) is 3.63. The number of hydrogen-bond donors (Lipinski definition) is 1. The molecule has 7 nitrogen and oxygen atoms in total. The number of alkyl halides is 3. The summed E-state index contributed by atoms with van der Waals surface area (Å²) in [4.78, 5) is 41.5. The molecule has 1 aliphatic heterocycles. The Balaban J connectivity index is 1.73. The van der Waals surface area contributed by atoms with E-state index in [1.807, 2.05) is 0 Å². The molecule has 154 valence electrons. The summed E-state index contributed by atoms with van der Waals surface area (Å²) in [6.07, 6.45) is -5.62. The third-order valence-electron chi connectivity index (χ3n) is 4.20. The van der Waals surface area contributed by atoms with Gasteiger partial charge in [0.2, 0.25) is 0 Å². The van der Waals surface area contributed by atoms with Gasteiger partial charge in [-0.05, 0) is 26.0 Å². The molecule has 1 saturated heterocycles. The predicted molar refractivity (Wildman–Crippen MR) is 97.3 cm³/mol. The molecule has 1 atom stereocenters. The van der Waals surface area contributed by atoms with E-state index >= 15 is 0 Å². The predicted octanol–water partition coefficient (Wildman–Crippen LogP) is 3.23. The van der Waals surface area contributed by atoms with E-state index in [0.29, 0.717) is 22.8 Å². The molecule has 0 aliphatic carbocycles. The summed E-state index contributed by atoms with van der Waals surface area (Å²) >= 11 is 0.949. The van der Waals surface area contributed by atoms with Gasteiger partial charge in [0.15, 0.2) is 6.10 Å². The van der Waals surface area contributed by atoms with Crippen LogP contribution in [0.15, 0.2) is 24.3 Å². The van der Waals surface area contributed by atoms with Crippen molar-refractivity contribution in [2.75, 3.05) is 13.1 Å². The van der Waals surface area contributed by atoms with Gasteiger partial charge in [-0.1, -0.05) is 12.1 Å². The van der Waals surface area contributed by atoms with Crippen LogP contribution in [0.5, 0.6) is 0 Å². The van der Waals surface area contributed by atoms with Crippen molar-refractivity contribution >= 4 is 29.2 Å². The zero-order valence-electron chi connectivity index (χ0n) is 15.4. The second-order valence-electron chi connectivity index (χ2n) is 6.28. The number of hydrogen-bond acceptors (Lipinski definition) is 6. The summed E-state index contributed by atoms with van der Waals surface area (Å²) in [7, 11) is 0. The third-order valence-corrected chi connectivity index (χ3v) is 5.38. The van der Waals surface area contributed by atoms with Crippen molar-refractivity contribution in [1.29, 1.82) is 0 Å². The summed E-state index contributed by atoms with van der Waals surface area (Å²) in [5.41, 5.74) is -0.0380. The average molecular weight is 427 g/mol. The monoisotopic (exact) mass is 427 g/mol. The number of rotatable bonds is 4. The normalized spacial score (nSPS) is 15.2. The number of nitrogens with zero attached hydrogens (tertiary/aromatic N) is 2. The molecule has 0 unspecified atom stereocenters. The van der Waals surface area contributed by atoms with Gasteiger partial charge in [-0.25, -0.2) is 14.6 Å². The van der Waals surface area contributed by atoms with Crippen molar-refractivity contribution in [1.82, 2.24) is 15.2 Å². The molecular formula is C18H16F3N3O4S. The number of nitrogens with one attached hydrogen (secondary N) is 1.